The van der Waals surface area contributed by atoms with Gasteiger partial charge < -0.3 is 19.4 Å². The first-order chi connectivity index (χ1) is 13.0. The van der Waals surface area contributed by atoms with E-state index in [2.05, 4.69) is 15.3 Å². The summed E-state index contributed by atoms with van der Waals surface area (Å²) in [6, 6.07) is 10.5. The number of carbonyl (C=O) groups is 1. The number of carbonyl (C=O) groups excluding carboxylic acids is 1. The van der Waals surface area contributed by atoms with E-state index in [0.717, 1.165) is 13.1 Å². The summed E-state index contributed by atoms with van der Waals surface area (Å²) in [6.45, 7) is 1.79. The number of aromatic nitrogens is 2. The predicted octanol–water partition coefficient (Wildman–Crippen LogP) is 3.52. The summed E-state index contributed by atoms with van der Waals surface area (Å²) in [5, 5.41) is 7.52. The highest BCUT2D eigenvalue weighted by atomic mass is 35.5. The number of rotatable bonds is 8. The second-order valence-electron chi connectivity index (χ2n) is 6.23. The highest BCUT2D eigenvalue weighted by Crippen LogP contribution is 2.24. The van der Waals surface area contributed by atoms with E-state index in [1.807, 2.05) is 26.2 Å². The molecule has 142 valence electrons. The molecule has 1 aromatic carbocycles. The highest BCUT2D eigenvalue weighted by molar-refractivity contribution is 6.32. The normalized spacial score (nSPS) is 11.0. The number of likely N-dealkylation sites (N-methyl/N-ethyl adjacent to an activating group) is 1. The number of anilines is 1. The lowest BCUT2D eigenvalue weighted by Crippen LogP contribution is -2.18. The number of benzene rings is 1. The minimum atomic E-state index is -0.342. The van der Waals surface area contributed by atoms with Crippen LogP contribution in [-0.2, 0) is 13.2 Å². The molecule has 0 aliphatic carbocycles. The Kier molecular flexibility index (Phi) is 6.16. The van der Waals surface area contributed by atoms with Crippen LogP contribution in [0.15, 0.2) is 53.2 Å². The van der Waals surface area contributed by atoms with Crippen molar-refractivity contribution in [2.45, 2.75) is 13.2 Å². The van der Waals surface area contributed by atoms with Gasteiger partial charge in [0.2, 0.25) is 0 Å². The number of hydrogen-bond acceptors (Lipinski definition) is 5. The number of para-hydroxylation sites is 1. The Morgan fingerprint density at radius 3 is 2.89 bits per heavy atom. The third-order valence-electron chi connectivity index (χ3n) is 3.76. The van der Waals surface area contributed by atoms with E-state index < -0.39 is 0 Å². The maximum absolute atomic E-state index is 12.3. The second-order valence-corrected chi connectivity index (χ2v) is 6.64. The van der Waals surface area contributed by atoms with Crippen molar-refractivity contribution < 1.29 is 13.9 Å². The Morgan fingerprint density at radius 2 is 2.11 bits per heavy atom. The standard InChI is InChI=1S/C19H21ClN4O3/c1-23(2)9-10-24-12-14(11-21-24)22-19(25)18-8-7-15(27-18)13-26-17-6-4-3-5-16(17)20/h3-8,11-12H,9-10,13H2,1-2H3,(H,22,25). The van der Waals surface area contributed by atoms with Crippen molar-refractivity contribution in [1.29, 1.82) is 0 Å². The van der Waals surface area contributed by atoms with Crippen molar-refractivity contribution in [3.8, 4) is 5.75 Å². The first-order valence-corrected chi connectivity index (χ1v) is 8.83. The summed E-state index contributed by atoms with van der Waals surface area (Å²) in [5.41, 5.74) is 0.615. The van der Waals surface area contributed by atoms with Crippen LogP contribution in [0.4, 0.5) is 5.69 Å². The Bertz CT molecular complexity index is 904. The van der Waals surface area contributed by atoms with Gasteiger partial charge in [0.1, 0.15) is 18.1 Å². The molecule has 0 fully saturated rings. The summed E-state index contributed by atoms with van der Waals surface area (Å²) < 4.78 is 12.9. The molecule has 0 aliphatic rings. The zero-order valence-electron chi connectivity index (χ0n) is 15.2. The van der Waals surface area contributed by atoms with Crippen LogP contribution < -0.4 is 10.1 Å². The number of furan rings is 1. The van der Waals surface area contributed by atoms with Crippen molar-refractivity contribution in [2.24, 2.45) is 0 Å². The van der Waals surface area contributed by atoms with Crippen LogP contribution in [0.3, 0.4) is 0 Å². The predicted molar refractivity (Wildman–Crippen MR) is 103 cm³/mol. The molecule has 2 aromatic heterocycles. The average molecular weight is 389 g/mol. The van der Waals surface area contributed by atoms with Gasteiger partial charge in [-0.15, -0.1) is 0 Å². The topological polar surface area (TPSA) is 72.5 Å². The van der Waals surface area contributed by atoms with E-state index in [9.17, 15) is 4.79 Å². The number of nitrogens with one attached hydrogen (secondary N) is 1. The molecule has 8 heteroatoms. The van der Waals surface area contributed by atoms with Crippen molar-refractivity contribution in [1.82, 2.24) is 14.7 Å². The molecule has 1 N–H and O–H groups in total. The Morgan fingerprint density at radius 1 is 1.30 bits per heavy atom. The third-order valence-corrected chi connectivity index (χ3v) is 4.07. The molecular weight excluding hydrogens is 368 g/mol. The fourth-order valence-electron chi connectivity index (χ4n) is 2.33. The lowest BCUT2D eigenvalue weighted by Gasteiger charge is -2.08. The van der Waals surface area contributed by atoms with Gasteiger partial charge in [0.05, 0.1) is 23.5 Å². The number of amides is 1. The third kappa shape index (κ3) is 5.35. The number of nitrogens with zero attached hydrogens (tertiary/aromatic N) is 3. The minimum absolute atomic E-state index is 0.180. The van der Waals surface area contributed by atoms with Gasteiger partial charge in [0.25, 0.3) is 5.91 Å². The van der Waals surface area contributed by atoms with Crippen LogP contribution in [0.1, 0.15) is 16.3 Å². The van der Waals surface area contributed by atoms with Crippen molar-refractivity contribution in [3.63, 3.8) is 0 Å². The van der Waals surface area contributed by atoms with E-state index in [1.54, 1.807) is 41.3 Å². The number of ether oxygens (including phenoxy) is 1. The van der Waals surface area contributed by atoms with Crippen LogP contribution >= 0.6 is 11.6 Å². The van der Waals surface area contributed by atoms with E-state index in [-0.39, 0.29) is 18.3 Å². The molecule has 1 amide bonds. The summed E-state index contributed by atoms with van der Waals surface area (Å²) in [5.74, 6) is 0.952. The molecule has 7 nitrogen and oxygen atoms in total. The number of halogens is 1. The zero-order chi connectivity index (χ0) is 19.2. The van der Waals surface area contributed by atoms with Gasteiger partial charge in [0, 0.05) is 12.7 Å². The van der Waals surface area contributed by atoms with E-state index >= 15 is 0 Å². The monoisotopic (exact) mass is 388 g/mol. The molecule has 0 radical (unpaired) electrons. The maximum Gasteiger partial charge on any atom is 0.291 e. The Labute approximate surface area is 162 Å². The minimum Gasteiger partial charge on any atom is -0.484 e. The lowest BCUT2D eigenvalue weighted by atomic mass is 10.3. The van der Waals surface area contributed by atoms with Crippen molar-refractivity contribution in [2.75, 3.05) is 26.0 Å². The molecule has 0 bridgehead atoms. The molecule has 0 saturated carbocycles. The fourth-order valence-corrected chi connectivity index (χ4v) is 2.52. The quantitative estimate of drug-likeness (QED) is 0.639. The van der Waals surface area contributed by atoms with Gasteiger partial charge in [-0.05, 0) is 38.4 Å². The van der Waals surface area contributed by atoms with E-state index in [0.29, 0.717) is 22.2 Å². The van der Waals surface area contributed by atoms with Crippen LogP contribution in [0, 0.1) is 0 Å². The zero-order valence-corrected chi connectivity index (χ0v) is 15.9. The lowest BCUT2D eigenvalue weighted by molar-refractivity contribution is 0.0992. The SMILES string of the molecule is CN(C)CCn1cc(NC(=O)c2ccc(COc3ccccc3Cl)o2)cn1. The van der Waals surface area contributed by atoms with Crippen molar-refractivity contribution in [3.05, 3.63) is 65.3 Å². The van der Waals surface area contributed by atoms with Gasteiger partial charge in [-0.1, -0.05) is 23.7 Å². The largest absolute Gasteiger partial charge is 0.484 e. The Hall–Kier alpha value is -2.77. The van der Waals surface area contributed by atoms with Gasteiger partial charge >= 0.3 is 0 Å². The molecule has 0 saturated heterocycles. The smallest absolute Gasteiger partial charge is 0.291 e. The average Bonchev–Trinajstić information content (AvgIpc) is 3.29. The first-order valence-electron chi connectivity index (χ1n) is 8.46. The van der Waals surface area contributed by atoms with Gasteiger partial charge in [-0.3, -0.25) is 9.48 Å². The highest BCUT2D eigenvalue weighted by Gasteiger charge is 2.13. The molecule has 0 unspecified atom stereocenters. The molecule has 3 rings (SSSR count). The molecule has 0 spiro atoms. The van der Waals surface area contributed by atoms with Crippen molar-refractivity contribution >= 4 is 23.2 Å². The van der Waals surface area contributed by atoms with Crippen LogP contribution in [0.2, 0.25) is 5.02 Å². The summed E-state index contributed by atoms with van der Waals surface area (Å²) in [6.07, 6.45) is 3.39. The molecule has 0 atom stereocenters. The molecule has 27 heavy (non-hydrogen) atoms. The second kappa shape index (κ2) is 8.75. The maximum atomic E-state index is 12.3. The molecule has 0 aliphatic heterocycles. The molecular formula is C19H21ClN4O3. The number of hydrogen-bond donors (Lipinski definition) is 1. The molecule has 2 heterocycles. The van der Waals surface area contributed by atoms with Gasteiger partial charge in [-0.2, -0.15) is 5.10 Å². The summed E-state index contributed by atoms with van der Waals surface area (Å²) >= 11 is 6.05. The summed E-state index contributed by atoms with van der Waals surface area (Å²) in [7, 11) is 3.99. The van der Waals surface area contributed by atoms with Crippen LogP contribution in [0.25, 0.3) is 0 Å². The van der Waals surface area contributed by atoms with E-state index in [1.165, 1.54) is 0 Å². The van der Waals surface area contributed by atoms with E-state index in [4.69, 9.17) is 20.8 Å². The Balaban J connectivity index is 1.54. The van der Waals surface area contributed by atoms with Gasteiger partial charge in [0.15, 0.2) is 5.76 Å². The fraction of sp³-hybridized carbons (Fsp3) is 0.263. The summed E-state index contributed by atoms with van der Waals surface area (Å²) in [4.78, 5) is 14.4. The van der Waals surface area contributed by atoms with Crippen LogP contribution in [-0.4, -0.2) is 41.2 Å². The first kappa shape index (κ1) is 19.0. The molecule has 3 aromatic rings. The van der Waals surface area contributed by atoms with Crippen LogP contribution in [0.5, 0.6) is 5.75 Å². The van der Waals surface area contributed by atoms with Gasteiger partial charge in [-0.25, -0.2) is 0 Å².